The number of anilines is 1. The fraction of sp³-hybridized carbons (Fsp3) is 0.0714. The first-order chi connectivity index (χ1) is 9.08. The fourth-order valence-electron chi connectivity index (χ4n) is 1.55. The molecule has 5 heteroatoms. The Balaban J connectivity index is 2.21. The first kappa shape index (κ1) is 13.3. The molecule has 0 aromatic heterocycles. The number of nitrogens with zero attached hydrogens (tertiary/aromatic N) is 1. The van der Waals surface area contributed by atoms with Crippen molar-refractivity contribution < 1.29 is 9.00 Å². The van der Waals surface area contributed by atoms with Crippen molar-refractivity contribution >= 4 is 21.4 Å². The zero-order chi connectivity index (χ0) is 13.7. The van der Waals surface area contributed by atoms with Crippen LogP contribution < -0.4 is 5.32 Å². The third-order valence-electron chi connectivity index (χ3n) is 2.46. The van der Waals surface area contributed by atoms with Gasteiger partial charge in [0.1, 0.15) is 0 Å². The minimum atomic E-state index is -2.72. The van der Waals surface area contributed by atoms with Gasteiger partial charge in [-0.05, 0) is 24.3 Å². The second-order valence-electron chi connectivity index (χ2n) is 4.00. The smallest absolute Gasteiger partial charge is 0.306 e. The molecule has 2 amide bonds. The van der Waals surface area contributed by atoms with E-state index in [2.05, 4.69) is 9.68 Å². The Labute approximate surface area is 112 Å². The molecule has 0 heterocycles. The molecule has 2 aromatic rings. The molecule has 1 atom stereocenters. The number of hydrogen-bond donors (Lipinski definition) is 1. The lowest BCUT2D eigenvalue weighted by Crippen LogP contribution is -2.10. The molecule has 0 fully saturated rings. The van der Waals surface area contributed by atoms with E-state index in [4.69, 9.17) is 0 Å². The SMILES string of the molecule is C[S@@](=O)(=NC(=O)Nc1ccccc1)c1ccccc1. The molecular weight excluding hydrogens is 260 g/mol. The predicted octanol–water partition coefficient (Wildman–Crippen LogP) is 3.38. The second kappa shape index (κ2) is 5.67. The van der Waals surface area contributed by atoms with Crippen molar-refractivity contribution in [1.29, 1.82) is 0 Å². The first-order valence-electron chi connectivity index (χ1n) is 5.71. The third kappa shape index (κ3) is 3.66. The third-order valence-corrected chi connectivity index (χ3v) is 4.12. The van der Waals surface area contributed by atoms with Crippen LogP contribution in [0, 0.1) is 0 Å². The zero-order valence-electron chi connectivity index (χ0n) is 10.4. The summed E-state index contributed by atoms with van der Waals surface area (Å²) in [7, 11) is -2.72. The maximum absolute atomic E-state index is 12.4. The lowest BCUT2D eigenvalue weighted by atomic mass is 10.3. The average Bonchev–Trinajstić information content (AvgIpc) is 2.40. The van der Waals surface area contributed by atoms with Crippen molar-refractivity contribution in [2.75, 3.05) is 11.6 Å². The van der Waals surface area contributed by atoms with Crippen molar-refractivity contribution in [3.8, 4) is 0 Å². The number of benzene rings is 2. The van der Waals surface area contributed by atoms with Gasteiger partial charge in [0.2, 0.25) is 0 Å². The van der Waals surface area contributed by atoms with Crippen LogP contribution in [-0.4, -0.2) is 16.5 Å². The summed E-state index contributed by atoms with van der Waals surface area (Å²) in [6.07, 6.45) is 1.45. The monoisotopic (exact) mass is 274 g/mol. The molecular formula is C14H14N2O2S. The van der Waals surface area contributed by atoms with E-state index < -0.39 is 15.8 Å². The lowest BCUT2D eigenvalue weighted by Gasteiger charge is -2.05. The minimum absolute atomic E-state index is 0.540. The van der Waals surface area contributed by atoms with Gasteiger partial charge in [-0.25, -0.2) is 9.00 Å². The summed E-state index contributed by atoms with van der Waals surface area (Å²) < 4.78 is 16.1. The van der Waals surface area contributed by atoms with Gasteiger partial charge >= 0.3 is 6.03 Å². The van der Waals surface area contributed by atoms with Crippen LogP contribution in [0.2, 0.25) is 0 Å². The molecule has 0 aliphatic heterocycles. The number of carbonyl (C=O) groups excluding carboxylic acids is 1. The highest BCUT2D eigenvalue weighted by atomic mass is 32.2. The molecule has 0 aliphatic carbocycles. The van der Waals surface area contributed by atoms with E-state index in [0.29, 0.717) is 10.6 Å². The Bertz CT molecular complexity index is 675. The normalized spacial score (nSPS) is 13.3. The number of amides is 2. The van der Waals surface area contributed by atoms with Crippen molar-refractivity contribution in [3.05, 3.63) is 60.7 Å². The summed E-state index contributed by atoms with van der Waals surface area (Å²) in [5.74, 6) is 0. The van der Waals surface area contributed by atoms with Crippen LogP contribution >= 0.6 is 0 Å². The van der Waals surface area contributed by atoms with Crippen LogP contribution in [0.25, 0.3) is 0 Å². The number of hydrogen-bond acceptors (Lipinski definition) is 2. The lowest BCUT2D eigenvalue weighted by molar-refractivity contribution is 0.260. The Morgan fingerprint density at radius 1 is 1.00 bits per heavy atom. The van der Waals surface area contributed by atoms with E-state index in [0.717, 1.165) is 0 Å². The van der Waals surface area contributed by atoms with Crippen LogP contribution in [0.3, 0.4) is 0 Å². The summed E-state index contributed by atoms with van der Waals surface area (Å²) in [5.41, 5.74) is 0.625. The van der Waals surface area contributed by atoms with E-state index in [1.807, 2.05) is 12.1 Å². The van der Waals surface area contributed by atoms with Gasteiger partial charge in [-0.2, -0.15) is 0 Å². The van der Waals surface area contributed by atoms with Gasteiger partial charge in [0, 0.05) is 16.8 Å². The van der Waals surface area contributed by atoms with Crippen LogP contribution in [0.5, 0.6) is 0 Å². The summed E-state index contributed by atoms with van der Waals surface area (Å²) in [6, 6.07) is 17.1. The number of urea groups is 1. The molecule has 2 aromatic carbocycles. The van der Waals surface area contributed by atoms with Gasteiger partial charge in [0.15, 0.2) is 0 Å². The van der Waals surface area contributed by atoms with Gasteiger partial charge in [0.25, 0.3) is 0 Å². The number of para-hydroxylation sites is 1. The molecule has 0 saturated carbocycles. The van der Waals surface area contributed by atoms with Gasteiger partial charge in [-0.3, -0.25) is 0 Å². The molecule has 1 N–H and O–H groups in total. The van der Waals surface area contributed by atoms with Gasteiger partial charge in [-0.1, -0.05) is 36.4 Å². The summed E-state index contributed by atoms with van der Waals surface area (Å²) in [5, 5.41) is 2.58. The number of rotatable bonds is 2. The number of carbonyl (C=O) groups is 1. The highest BCUT2D eigenvalue weighted by molar-refractivity contribution is 7.93. The summed E-state index contributed by atoms with van der Waals surface area (Å²) >= 11 is 0. The molecule has 19 heavy (non-hydrogen) atoms. The quantitative estimate of drug-likeness (QED) is 0.912. The topological polar surface area (TPSA) is 58.5 Å². The largest absolute Gasteiger partial charge is 0.353 e. The van der Waals surface area contributed by atoms with Crippen molar-refractivity contribution in [2.45, 2.75) is 4.90 Å². The van der Waals surface area contributed by atoms with Crippen molar-refractivity contribution in [1.82, 2.24) is 0 Å². The molecule has 98 valence electrons. The highest BCUT2D eigenvalue weighted by Crippen LogP contribution is 2.12. The zero-order valence-corrected chi connectivity index (χ0v) is 11.3. The standard InChI is InChI=1S/C14H14N2O2S/c1-19(18,13-10-6-3-7-11-13)16-14(17)15-12-8-4-2-5-9-12/h2-11H,1H3,(H,15,17)/t19-/m0/s1. The maximum Gasteiger partial charge on any atom is 0.353 e. The molecule has 0 saturated heterocycles. The van der Waals surface area contributed by atoms with Crippen LogP contribution in [-0.2, 0) is 9.73 Å². The fourth-order valence-corrected chi connectivity index (χ4v) is 2.68. The summed E-state index contributed by atoms with van der Waals surface area (Å²) in [6.45, 7) is 0. The summed E-state index contributed by atoms with van der Waals surface area (Å²) in [4.78, 5) is 12.3. The van der Waals surface area contributed by atoms with Crippen molar-refractivity contribution in [2.24, 2.45) is 4.36 Å². The molecule has 4 nitrogen and oxygen atoms in total. The minimum Gasteiger partial charge on any atom is -0.306 e. The molecule has 0 aliphatic rings. The molecule has 2 rings (SSSR count). The highest BCUT2D eigenvalue weighted by Gasteiger charge is 2.08. The van der Waals surface area contributed by atoms with Crippen molar-refractivity contribution in [3.63, 3.8) is 0 Å². The Morgan fingerprint density at radius 3 is 2.11 bits per heavy atom. The van der Waals surface area contributed by atoms with Crippen LogP contribution in [0.15, 0.2) is 69.9 Å². The maximum atomic E-state index is 12.4. The van der Waals surface area contributed by atoms with E-state index in [-0.39, 0.29) is 0 Å². The van der Waals surface area contributed by atoms with Gasteiger partial charge in [0.05, 0.1) is 9.73 Å². The van der Waals surface area contributed by atoms with E-state index in [1.54, 1.807) is 48.5 Å². The van der Waals surface area contributed by atoms with Gasteiger partial charge < -0.3 is 5.32 Å². The number of nitrogens with one attached hydrogen (secondary N) is 1. The Morgan fingerprint density at radius 2 is 1.53 bits per heavy atom. The van der Waals surface area contributed by atoms with E-state index >= 15 is 0 Å². The second-order valence-corrected chi connectivity index (χ2v) is 6.26. The Kier molecular flexibility index (Phi) is 3.97. The van der Waals surface area contributed by atoms with E-state index in [1.165, 1.54) is 6.26 Å². The van der Waals surface area contributed by atoms with Crippen LogP contribution in [0.1, 0.15) is 0 Å². The predicted molar refractivity (Wildman–Crippen MR) is 76.7 cm³/mol. The van der Waals surface area contributed by atoms with Crippen LogP contribution in [0.4, 0.5) is 10.5 Å². The molecule has 0 radical (unpaired) electrons. The Hall–Kier alpha value is -2.14. The average molecular weight is 274 g/mol. The van der Waals surface area contributed by atoms with Gasteiger partial charge in [-0.15, -0.1) is 4.36 Å². The molecule has 0 unspecified atom stereocenters. The molecule has 0 spiro atoms. The molecule has 0 bridgehead atoms. The first-order valence-corrected chi connectivity index (χ1v) is 7.63. The van der Waals surface area contributed by atoms with E-state index in [9.17, 15) is 9.00 Å².